The third kappa shape index (κ3) is 3.87. The van der Waals surface area contributed by atoms with E-state index < -0.39 is 12.0 Å². The topological polar surface area (TPSA) is 78.4 Å². The predicted molar refractivity (Wildman–Crippen MR) is 55.5 cm³/mol. The Morgan fingerprint density at radius 1 is 1.53 bits per heavy atom. The van der Waals surface area contributed by atoms with Crippen LogP contribution in [0.2, 0.25) is 0 Å². The van der Waals surface area contributed by atoms with E-state index in [1.165, 1.54) is 0 Å². The molecule has 0 aromatic rings. The van der Waals surface area contributed by atoms with Crippen molar-refractivity contribution in [3.63, 3.8) is 0 Å². The smallest absolute Gasteiger partial charge is 0.326 e. The number of carboxylic acids is 1. The number of carbonyl (C=O) groups excluding carboxylic acids is 1. The van der Waals surface area contributed by atoms with Gasteiger partial charge >= 0.3 is 5.97 Å². The molecule has 0 aromatic carbocycles. The average molecular weight is 214 g/mol. The van der Waals surface area contributed by atoms with Gasteiger partial charge in [-0.25, -0.2) is 4.79 Å². The number of aliphatic carboxylic acids is 1. The number of amides is 1. The highest BCUT2D eigenvalue weighted by molar-refractivity contribution is 5.83. The second kappa shape index (κ2) is 5.70. The molecule has 0 aliphatic carbocycles. The molecule has 3 N–H and O–H groups in total. The number of rotatable bonds is 6. The molecular weight excluding hydrogens is 196 g/mol. The van der Waals surface area contributed by atoms with Gasteiger partial charge in [-0.1, -0.05) is 13.3 Å². The van der Waals surface area contributed by atoms with Crippen LogP contribution in [0.5, 0.6) is 0 Å². The van der Waals surface area contributed by atoms with Crippen LogP contribution in [0, 0.1) is 5.92 Å². The lowest BCUT2D eigenvalue weighted by Gasteiger charge is -2.26. The zero-order valence-corrected chi connectivity index (χ0v) is 8.95. The molecule has 1 aliphatic heterocycles. The van der Waals surface area contributed by atoms with Crippen molar-refractivity contribution in [1.82, 2.24) is 10.6 Å². The van der Waals surface area contributed by atoms with Gasteiger partial charge in [0.15, 0.2) is 0 Å². The molecule has 0 saturated carbocycles. The first-order valence-electron chi connectivity index (χ1n) is 5.36. The molecule has 0 spiro atoms. The second-order valence-electron chi connectivity index (χ2n) is 3.98. The lowest BCUT2D eigenvalue weighted by atomic mass is 9.99. The minimum atomic E-state index is -0.947. The van der Waals surface area contributed by atoms with E-state index in [1.807, 2.05) is 6.92 Å². The fraction of sp³-hybridized carbons (Fsp3) is 0.800. The zero-order valence-electron chi connectivity index (χ0n) is 8.95. The molecule has 1 atom stereocenters. The maximum absolute atomic E-state index is 11.4. The van der Waals surface area contributed by atoms with Gasteiger partial charge < -0.3 is 15.7 Å². The monoisotopic (exact) mass is 214 g/mol. The Bertz CT molecular complexity index is 239. The fourth-order valence-electron chi connectivity index (χ4n) is 1.55. The Balaban J connectivity index is 2.28. The quantitative estimate of drug-likeness (QED) is 0.580. The van der Waals surface area contributed by atoms with Gasteiger partial charge in [0, 0.05) is 6.42 Å². The summed E-state index contributed by atoms with van der Waals surface area (Å²) in [6, 6.07) is -0.726. The highest BCUT2D eigenvalue weighted by Gasteiger charge is 2.23. The third-order valence-electron chi connectivity index (χ3n) is 2.55. The molecule has 15 heavy (non-hydrogen) atoms. The van der Waals surface area contributed by atoms with Crippen molar-refractivity contribution in [2.75, 3.05) is 13.1 Å². The fourth-order valence-corrected chi connectivity index (χ4v) is 1.55. The van der Waals surface area contributed by atoms with Crippen molar-refractivity contribution in [1.29, 1.82) is 0 Å². The van der Waals surface area contributed by atoms with Gasteiger partial charge in [0.1, 0.15) is 6.04 Å². The van der Waals surface area contributed by atoms with Crippen LogP contribution in [0.15, 0.2) is 0 Å². The Kier molecular flexibility index (Phi) is 4.55. The van der Waals surface area contributed by atoms with Crippen molar-refractivity contribution in [2.45, 2.75) is 32.2 Å². The molecule has 5 heteroatoms. The molecule has 1 amide bonds. The van der Waals surface area contributed by atoms with Crippen molar-refractivity contribution < 1.29 is 14.7 Å². The standard InChI is InChI=1S/C10H18N2O3/c1-2-3-8(10(14)15)12-9(13)4-7-5-11-6-7/h7-8,11H,2-6H2,1H3,(H,12,13)(H,14,15)/t8-/m1/s1. The van der Waals surface area contributed by atoms with Crippen LogP contribution in [-0.4, -0.2) is 36.1 Å². The lowest BCUT2D eigenvalue weighted by molar-refractivity contribution is -0.142. The summed E-state index contributed by atoms with van der Waals surface area (Å²) >= 11 is 0. The molecule has 0 unspecified atom stereocenters. The van der Waals surface area contributed by atoms with Crippen LogP contribution in [0.1, 0.15) is 26.2 Å². The number of carbonyl (C=O) groups is 2. The van der Waals surface area contributed by atoms with Crippen LogP contribution < -0.4 is 10.6 Å². The van der Waals surface area contributed by atoms with Gasteiger partial charge in [-0.15, -0.1) is 0 Å². The van der Waals surface area contributed by atoms with Crippen LogP contribution in [0.3, 0.4) is 0 Å². The summed E-state index contributed by atoms with van der Waals surface area (Å²) < 4.78 is 0. The normalized spacial score (nSPS) is 17.9. The van der Waals surface area contributed by atoms with Gasteiger partial charge in [0.2, 0.25) is 5.91 Å². The molecule has 1 saturated heterocycles. The van der Waals surface area contributed by atoms with Gasteiger partial charge in [-0.05, 0) is 25.4 Å². The second-order valence-corrected chi connectivity index (χ2v) is 3.98. The molecular formula is C10H18N2O3. The summed E-state index contributed by atoms with van der Waals surface area (Å²) in [5.41, 5.74) is 0. The number of carboxylic acid groups (broad SMARTS) is 1. The molecule has 5 nitrogen and oxygen atoms in total. The van der Waals surface area contributed by atoms with E-state index in [2.05, 4.69) is 10.6 Å². The summed E-state index contributed by atoms with van der Waals surface area (Å²) in [5.74, 6) is -0.722. The van der Waals surface area contributed by atoms with E-state index in [4.69, 9.17) is 5.11 Å². The van der Waals surface area contributed by atoms with Crippen LogP contribution in [0.4, 0.5) is 0 Å². The van der Waals surface area contributed by atoms with E-state index >= 15 is 0 Å². The van der Waals surface area contributed by atoms with E-state index in [0.29, 0.717) is 18.8 Å². The van der Waals surface area contributed by atoms with E-state index in [1.54, 1.807) is 0 Å². The van der Waals surface area contributed by atoms with Crippen molar-refractivity contribution in [3.05, 3.63) is 0 Å². The zero-order chi connectivity index (χ0) is 11.3. The largest absolute Gasteiger partial charge is 0.480 e. The molecule has 1 fully saturated rings. The maximum Gasteiger partial charge on any atom is 0.326 e. The van der Waals surface area contributed by atoms with E-state index in [9.17, 15) is 9.59 Å². The third-order valence-corrected chi connectivity index (χ3v) is 2.55. The SMILES string of the molecule is CCC[C@@H](NC(=O)CC1CNC1)C(=O)O. The first-order chi connectivity index (χ1) is 7.13. The van der Waals surface area contributed by atoms with Gasteiger partial charge in [-0.3, -0.25) is 4.79 Å². The Labute approximate surface area is 89.2 Å². The van der Waals surface area contributed by atoms with Crippen molar-refractivity contribution in [2.24, 2.45) is 5.92 Å². The summed E-state index contributed by atoms with van der Waals surface area (Å²) in [4.78, 5) is 22.2. The van der Waals surface area contributed by atoms with Crippen LogP contribution in [-0.2, 0) is 9.59 Å². The van der Waals surface area contributed by atoms with Crippen molar-refractivity contribution >= 4 is 11.9 Å². The van der Waals surface area contributed by atoms with E-state index in [-0.39, 0.29) is 5.91 Å². The summed E-state index contributed by atoms with van der Waals surface area (Å²) in [5, 5.41) is 14.5. The van der Waals surface area contributed by atoms with Gasteiger partial charge in [-0.2, -0.15) is 0 Å². The minimum Gasteiger partial charge on any atom is -0.480 e. The molecule has 1 aliphatic rings. The Hall–Kier alpha value is -1.10. The Morgan fingerprint density at radius 3 is 2.60 bits per heavy atom. The highest BCUT2D eigenvalue weighted by Crippen LogP contribution is 2.08. The maximum atomic E-state index is 11.4. The van der Waals surface area contributed by atoms with Gasteiger partial charge in [0.05, 0.1) is 0 Å². The first-order valence-corrected chi connectivity index (χ1v) is 5.36. The van der Waals surface area contributed by atoms with Crippen molar-refractivity contribution in [3.8, 4) is 0 Å². The van der Waals surface area contributed by atoms with Crippen LogP contribution in [0.25, 0.3) is 0 Å². The number of hydrogen-bond donors (Lipinski definition) is 3. The molecule has 86 valence electrons. The molecule has 0 aromatic heterocycles. The molecule has 0 radical (unpaired) electrons. The van der Waals surface area contributed by atoms with Crippen LogP contribution >= 0.6 is 0 Å². The average Bonchev–Trinajstić information content (AvgIpc) is 2.10. The lowest BCUT2D eigenvalue weighted by Crippen LogP contribution is -2.47. The van der Waals surface area contributed by atoms with Gasteiger partial charge in [0.25, 0.3) is 0 Å². The summed E-state index contributed by atoms with van der Waals surface area (Å²) in [6.07, 6.45) is 1.67. The molecule has 0 bridgehead atoms. The van der Waals surface area contributed by atoms with E-state index in [0.717, 1.165) is 19.5 Å². The summed E-state index contributed by atoms with van der Waals surface area (Å²) in [6.45, 7) is 3.62. The number of nitrogens with one attached hydrogen (secondary N) is 2. The number of hydrogen-bond acceptors (Lipinski definition) is 3. The molecule has 1 heterocycles. The molecule has 1 rings (SSSR count). The predicted octanol–water partition coefficient (Wildman–Crippen LogP) is -0.0346. The first kappa shape index (κ1) is 12.0. The highest BCUT2D eigenvalue weighted by atomic mass is 16.4. The minimum absolute atomic E-state index is 0.151. The summed E-state index contributed by atoms with van der Waals surface area (Å²) in [7, 11) is 0. The Morgan fingerprint density at radius 2 is 2.20 bits per heavy atom.